The minimum Gasteiger partial charge on any atom is -0.296 e. The number of aromatic nitrogens is 2. The number of nitrogens with zero attached hydrogens (tertiary/aromatic N) is 5. The van der Waals surface area contributed by atoms with E-state index in [9.17, 15) is 12.8 Å². The molecule has 0 atom stereocenters. The van der Waals surface area contributed by atoms with E-state index in [2.05, 4.69) is 10.00 Å². The molecule has 3 heterocycles. The number of rotatable bonds is 5. The summed E-state index contributed by atoms with van der Waals surface area (Å²) in [6.45, 7) is 4.30. The van der Waals surface area contributed by atoms with Gasteiger partial charge in [-0.3, -0.25) is 4.90 Å². The van der Waals surface area contributed by atoms with Gasteiger partial charge in [0.25, 0.3) is 10.2 Å². The zero-order valence-corrected chi connectivity index (χ0v) is 16.0. The van der Waals surface area contributed by atoms with Gasteiger partial charge < -0.3 is 0 Å². The van der Waals surface area contributed by atoms with Crippen molar-refractivity contribution in [2.75, 3.05) is 39.3 Å². The minimum atomic E-state index is -3.31. The molecule has 2 saturated heterocycles. The molecule has 0 saturated carbocycles. The first-order chi connectivity index (χ1) is 13.0. The van der Waals surface area contributed by atoms with E-state index in [0.29, 0.717) is 51.5 Å². The van der Waals surface area contributed by atoms with Crippen molar-refractivity contribution in [2.24, 2.45) is 0 Å². The highest BCUT2D eigenvalue weighted by Crippen LogP contribution is 2.19. The second-order valence-corrected chi connectivity index (χ2v) is 8.96. The van der Waals surface area contributed by atoms with Crippen molar-refractivity contribution in [1.29, 1.82) is 0 Å². The molecule has 7 nitrogen and oxygen atoms in total. The van der Waals surface area contributed by atoms with Gasteiger partial charge in [0.05, 0.1) is 6.20 Å². The third-order valence-electron chi connectivity index (χ3n) is 5.19. The fourth-order valence-electron chi connectivity index (χ4n) is 3.67. The minimum absolute atomic E-state index is 0.312. The van der Waals surface area contributed by atoms with Gasteiger partial charge in [-0.15, -0.1) is 0 Å². The lowest BCUT2D eigenvalue weighted by Crippen LogP contribution is -2.52. The van der Waals surface area contributed by atoms with Crippen LogP contribution in [0.4, 0.5) is 4.39 Å². The summed E-state index contributed by atoms with van der Waals surface area (Å²) in [6.07, 6.45) is 5.46. The van der Waals surface area contributed by atoms with E-state index in [1.807, 2.05) is 6.20 Å². The van der Waals surface area contributed by atoms with Crippen LogP contribution in [0.1, 0.15) is 18.4 Å². The largest absolute Gasteiger partial charge is 0.296 e. The summed E-state index contributed by atoms with van der Waals surface area (Å²) in [7, 11) is -3.31. The highest BCUT2D eigenvalue weighted by atomic mass is 32.2. The summed E-state index contributed by atoms with van der Waals surface area (Å²) >= 11 is 0. The molecule has 0 aliphatic carbocycles. The van der Waals surface area contributed by atoms with Crippen molar-refractivity contribution in [3.8, 4) is 5.69 Å². The Labute approximate surface area is 159 Å². The van der Waals surface area contributed by atoms with E-state index in [4.69, 9.17) is 0 Å². The second-order valence-electron chi connectivity index (χ2n) is 7.03. The number of benzene rings is 1. The zero-order chi connectivity index (χ0) is 18.9. The van der Waals surface area contributed by atoms with Crippen LogP contribution in [-0.2, 0) is 16.8 Å². The van der Waals surface area contributed by atoms with Crippen molar-refractivity contribution < 1.29 is 12.8 Å². The molecule has 1 aromatic carbocycles. The maximum absolute atomic E-state index is 13.9. The van der Waals surface area contributed by atoms with Gasteiger partial charge in [0.15, 0.2) is 0 Å². The number of halogens is 1. The van der Waals surface area contributed by atoms with E-state index >= 15 is 0 Å². The fourth-order valence-corrected chi connectivity index (χ4v) is 5.34. The van der Waals surface area contributed by atoms with E-state index < -0.39 is 10.2 Å². The van der Waals surface area contributed by atoms with E-state index in [1.54, 1.807) is 37.7 Å². The van der Waals surface area contributed by atoms with Crippen LogP contribution in [-0.4, -0.2) is 71.0 Å². The molecule has 9 heteroatoms. The van der Waals surface area contributed by atoms with Crippen LogP contribution in [0.25, 0.3) is 5.69 Å². The van der Waals surface area contributed by atoms with Gasteiger partial charge in [-0.2, -0.15) is 22.1 Å². The zero-order valence-electron chi connectivity index (χ0n) is 15.2. The Hall–Kier alpha value is -1.81. The van der Waals surface area contributed by atoms with E-state index in [-0.39, 0.29) is 5.82 Å². The Balaban J connectivity index is 1.35. The Bertz CT molecular complexity index is 887. The molecule has 0 amide bonds. The van der Waals surface area contributed by atoms with Gasteiger partial charge in [-0.1, -0.05) is 12.1 Å². The molecule has 146 valence electrons. The predicted molar refractivity (Wildman–Crippen MR) is 100 cm³/mol. The van der Waals surface area contributed by atoms with Gasteiger partial charge in [0.2, 0.25) is 0 Å². The number of hydrogen-bond donors (Lipinski definition) is 0. The number of piperazine rings is 1. The van der Waals surface area contributed by atoms with E-state index in [1.165, 1.54) is 6.07 Å². The van der Waals surface area contributed by atoms with Gasteiger partial charge >= 0.3 is 0 Å². The molecule has 2 aromatic rings. The van der Waals surface area contributed by atoms with Crippen LogP contribution >= 0.6 is 0 Å². The summed E-state index contributed by atoms with van der Waals surface area (Å²) in [4.78, 5) is 2.21. The van der Waals surface area contributed by atoms with Crippen LogP contribution in [0.3, 0.4) is 0 Å². The molecule has 0 N–H and O–H groups in total. The summed E-state index contributed by atoms with van der Waals surface area (Å²) < 4.78 is 43.9. The fraction of sp³-hybridized carbons (Fsp3) is 0.500. The Morgan fingerprint density at radius 3 is 2.33 bits per heavy atom. The first-order valence-electron chi connectivity index (χ1n) is 9.30. The van der Waals surface area contributed by atoms with Crippen molar-refractivity contribution in [3.05, 3.63) is 48.0 Å². The molecule has 0 radical (unpaired) electrons. The first-order valence-corrected chi connectivity index (χ1v) is 10.7. The Morgan fingerprint density at radius 1 is 0.963 bits per heavy atom. The monoisotopic (exact) mass is 393 g/mol. The number of hydrogen-bond acceptors (Lipinski definition) is 4. The third kappa shape index (κ3) is 3.91. The summed E-state index contributed by atoms with van der Waals surface area (Å²) in [6, 6.07) is 6.53. The molecule has 2 aliphatic heterocycles. The van der Waals surface area contributed by atoms with Crippen LogP contribution < -0.4 is 0 Å². The first kappa shape index (κ1) is 18.5. The SMILES string of the molecule is O=S(=O)(N1CCCC1)N1CCN(Cc2cnn(-c3ccccc3F)c2)CC1. The molecule has 2 aliphatic rings. The topological polar surface area (TPSA) is 61.7 Å². The smallest absolute Gasteiger partial charge is 0.282 e. The molecule has 0 bridgehead atoms. The maximum Gasteiger partial charge on any atom is 0.282 e. The van der Waals surface area contributed by atoms with Crippen LogP contribution in [0.5, 0.6) is 0 Å². The van der Waals surface area contributed by atoms with Crippen molar-refractivity contribution >= 4 is 10.2 Å². The quantitative estimate of drug-likeness (QED) is 0.772. The lowest BCUT2D eigenvalue weighted by atomic mass is 10.3. The highest BCUT2D eigenvalue weighted by molar-refractivity contribution is 7.86. The number of para-hydroxylation sites is 1. The van der Waals surface area contributed by atoms with Crippen LogP contribution in [0.15, 0.2) is 36.7 Å². The molecule has 0 unspecified atom stereocenters. The second kappa shape index (κ2) is 7.67. The average Bonchev–Trinajstić information content (AvgIpc) is 3.35. The molecule has 27 heavy (non-hydrogen) atoms. The van der Waals surface area contributed by atoms with Gasteiger partial charge in [-0.05, 0) is 25.0 Å². The third-order valence-corrected chi connectivity index (χ3v) is 7.23. The molecular weight excluding hydrogens is 369 g/mol. The van der Waals surface area contributed by atoms with Crippen molar-refractivity contribution in [3.63, 3.8) is 0 Å². The molecule has 4 rings (SSSR count). The van der Waals surface area contributed by atoms with Crippen molar-refractivity contribution in [1.82, 2.24) is 23.3 Å². The summed E-state index contributed by atoms with van der Waals surface area (Å²) in [5, 5.41) is 4.26. The molecule has 2 fully saturated rings. The lowest BCUT2D eigenvalue weighted by Gasteiger charge is -2.35. The average molecular weight is 393 g/mol. The van der Waals surface area contributed by atoms with Crippen LogP contribution in [0.2, 0.25) is 0 Å². The van der Waals surface area contributed by atoms with Gasteiger partial charge in [0, 0.05) is 57.6 Å². The van der Waals surface area contributed by atoms with Gasteiger partial charge in [-0.25, -0.2) is 9.07 Å². The molecular formula is C18H24FN5O2S. The summed E-state index contributed by atoms with van der Waals surface area (Å²) in [5.41, 5.74) is 1.40. The van der Waals surface area contributed by atoms with Gasteiger partial charge in [0.1, 0.15) is 11.5 Å². The standard InChI is InChI=1S/C18H24FN5O2S/c19-17-5-1-2-6-18(17)24-15-16(13-20-24)14-21-9-11-23(12-10-21)27(25,26)22-7-3-4-8-22/h1-2,5-6,13,15H,3-4,7-12,14H2. The lowest BCUT2D eigenvalue weighted by molar-refractivity contribution is 0.176. The predicted octanol–water partition coefficient (Wildman–Crippen LogP) is 1.47. The highest BCUT2D eigenvalue weighted by Gasteiger charge is 2.33. The van der Waals surface area contributed by atoms with E-state index in [0.717, 1.165) is 18.4 Å². The molecule has 1 aromatic heterocycles. The maximum atomic E-state index is 13.9. The normalized spacial score (nSPS) is 20.3. The van der Waals surface area contributed by atoms with Crippen molar-refractivity contribution in [2.45, 2.75) is 19.4 Å². The Kier molecular flexibility index (Phi) is 5.27. The molecule has 0 spiro atoms. The van der Waals surface area contributed by atoms with Crippen LogP contribution in [0, 0.1) is 5.82 Å². The Morgan fingerprint density at radius 2 is 1.63 bits per heavy atom. The summed E-state index contributed by atoms with van der Waals surface area (Å²) in [5.74, 6) is -0.312.